The van der Waals surface area contributed by atoms with Gasteiger partial charge in [0, 0.05) is 5.02 Å². The summed E-state index contributed by atoms with van der Waals surface area (Å²) in [5, 5.41) is 3.29. The molecule has 0 radical (unpaired) electrons. The first-order valence-corrected chi connectivity index (χ1v) is 10.2. The SMILES string of the molecule is Cc1c(Cl)ccc2sc(N(Cc3ccccc3)C(=O)c3cccs3)nc12. The fourth-order valence-electron chi connectivity index (χ4n) is 2.73. The number of amides is 1. The van der Waals surface area contributed by atoms with Crippen molar-refractivity contribution in [2.24, 2.45) is 0 Å². The molecule has 26 heavy (non-hydrogen) atoms. The number of carbonyl (C=O) groups excluding carboxylic acids is 1. The summed E-state index contributed by atoms with van der Waals surface area (Å²) in [5.41, 5.74) is 2.86. The van der Waals surface area contributed by atoms with Gasteiger partial charge in [-0.2, -0.15) is 0 Å². The number of fused-ring (bicyclic) bond motifs is 1. The van der Waals surface area contributed by atoms with E-state index in [1.165, 1.54) is 22.7 Å². The number of hydrogen-bond acceptors (Lipinski definition) is 4. The fourth-order valence-corrected chi connectivity index (χ4v) is 4.58. The normalized spacial score (nSPS) is 11.0. The zero-order valence-corrected chi connectivity index (χ0v) is 16.4. The molecule has 2 aromatic carbocycles. The number of halogens is 1. The predicted octanol–water partition coefficient (Wildman–Crippen LogP) is 6.17. The standard InChI is InChI=1S/C20H15ClN2OS2/c1-13-15(21)9-10-16-18(13)22-20(26-16)23(12-14-6-3-2-4-7-14)19(24)17-8-5-11-25-17/h2-11H,12H2,1H3. The van der Waals surface area contributed by atoms with Crippen LogP contribution in [0.25, 0.3) is 10.2 Å². The van der Waals surface area contributed by atoms with E-state index in [4.69, 9.17) is 16.6 Å². The molecule has 0 N–H and O–H groups in total. The molecule has 0 aliphatic carbocycles. The monoisotopic (exact) mass is 398 g/mol. The molecule has 4 rings (SSSR count). The van der Waals surface area contributed by atoms with Crippen molar-refractivity contribution in [3.05, 3.63) is 81.0 Å². The Balaban J connectivity index is 1.79. The maximum Gasteiger partial charge on any atom is 0.270 e. The molecule has 0 unspecified atom stereocenters. The molecule has 0 bridgehead atoms. The summed E-state index contributed by atoms with van der Waals surface area (Å²) < 4.78 is 1.03. The molecule has 0 saturated carbocycles. The Bertz CT molecular complexity index is 1060. The minimum Gasteiger partial charge on any atom is -0.279 e. The van der Waals surface area contributed by atoms with Gasteiger partial charge in [-0.25, -0.2) is 4.98 Å². The lowest BCUT2D eigenvalue weighted by atomic mass is 10.2. The van der Waals surface area contributed by atoms with Crippen LogP contribution < -0.4 is 4.90 Å². The van der Waals surface area contributed by atoms with Crippen molar-refractivity contribution in [1.82, 2.24) is 4.98 Å². The number of rotatable bonds is 4. The summed E-state index contributed by atoms with van der Waals surface area (Å²) in [6.45, 7) is 2.43. The van der Waals surface area contributed by atoms with Gasteiger partial charge < -0.3 is 0 Å². The maximum absolute atomic E-state index is 13.1. The lowest BCUT2D eigenvalue weighted by Gasteiger charge is -2.19. The Hall–Kier alpha value is -2.21. The second-order valence-electron chi connectivity index (χ2n) is 5.87. The van der Waals surface area contributed by atoms with Gasteiger partial charge in [0.05, 0.1) is 21.6 Å². The highest BCUT2D eigenvalue weighted by Gasteiger charge is 2.23. The molecule has 4 aromatic rings. The highest BCUT2D eigenvalue weighted by molar-refractivity contribution is 7.22. The van der Waals surface area contributed by atoms with Gasteiger partial charge in [0.2, 0.25) is 0 Å². The maximum atomic E-state index is 13.1. The molecular weight excluding hydrogens is 384 g/mol. The van der Waals surface area contributed by atoms with Gasteiger partial charge in [0.15, 0.2) is 5.13 Å². The smallest absolute Gasteiger partial charge is 0.270 e. The number of anilines is 1. The number of thiazole rings is 1. The van der Waals surface area contributed by atoms with Gasteiger partial charge in [-0.15, -0.1) is 11.3 Å². The molecule has 2 aromatic heterocycles. The van der Waals surface area contributed by atoms with Crippen LogP contribution in [-0.4, -0.2) is 10.9 Å². The van der Waals surface area contributed by atoms with Crippen LogP contribution in [0, 0.1) is 6.92 Å². The van der Waals surface area contributed by atoms with E-state index in [2.05, 4.69) is 0 Å². The third kappa shape index (κ3) is 3.26. The zero-order chi connectivity index (χ0) is 18.1. The van der Waals surface area contributed by atoms with Crippen molar-refractivity contribution in [3.63, 3.8) is 0 Å². The van der Waals surface area contributed by atoms with Crippen LogP contribution >= 0.6 is 34.3 Å². The highest BCUT2D eigenvalue weighted by Crippen LogP contribution is 2.35. The van der Waals surface area contributed by atoms with E-state index < -0.39 is 0 Å². The van der Waals surface area contributed by atoms with Gasteiger partial charge in [-0.1, -0.05) is 59.3 Å². The van der Waals surface area contributed by atoms with Crippen molar-refractivity contribution in [3.8, 4) is 0 Å². The summed E-state index contributed by atoms with van der Waals surface area (Å²) in [6.07, 6.45) is 0. The Morgan fingerprint density at radius 1 is 1.12 bits per heavy atom. The van der Waals surface area contributed by atoms with E-state index in [0.717, 1.165) is 21.3 Å². The Morgan fingerprint density at radius 2 is 1.92 bits per heavy atom. The first-order valence-electron chi connectivity index (χ1n) is 8.08. The molecule has 0 saturated heterocycles. The van der Waals surface area contributed by atoms with Gasteiger partial charge in [-0.05, 0) is 41.6 Å². The molecule has 130 valence electrons. The summed E-state index contributed by atoms with van der Waals surface area (Å²) in [6, 6.07) is 17.5. The average Bonchev–Trinajstić information content (AvgIpc) is 3.33. The third-order valence-electron chi connectivity index (χ3n) is 4.13. The molecule has 1 amide bonds. The van der Waals surface area contributed by atoms with E-state index in [1.54, 1.807) is 4.90 Å². The summed E-state index contributed by atoms with van der Waals surface area (Å²) in [4.78, 5) is 20.3. The van der Waals surface area contributed by atoms with Crippen LogP contribution in [0.3, 0.4) is 0 Å². The van der Waals surface area contributed by atoms with E-state index in [1.807, 2.05) is 66.9 Å². The van der Waals surface area contributed by atoms with E-state index in [-0.39, 0.29) is 5.91 Å². The van der Waals surface area contributed by atoms with E-state index in [0.29, 0.717) is 21.6 Å². The van der Waals surface area contributed by atoms with Crippen molar-refractivity contribution < 1.29 is 4.79 Å². The molecular formula is C20H15ClN2OS2. The lowest BCUT2D eigenvalue weighted by molar-refractivity contribution is 0.0989. The Kier molecular flexibility index (Phi) is 4.76. The predicted molar refractivity (Wildman–Crippen MR) is 111 cm³/mol. The van der Waals surface area contributed by atoms with Crippen molar-refractivity contribution in [2.75, 3.05) is 4.90 Å². The molecule has 0 atom stereocenters. The quantitative estimate of drug-likeness (QED) is 0.412. The fraction of sp³-hybridized carbons (Fsp3) is 0.100. The number of hydrogen-bond donors (Lipinski definition) is 0. The Labute approximate surface area is 164 Å². The van der Waals surface area contributed by atoms with Gasteiger partial charge >= 0.3 is 0 Å². The molecule has 2 heterocycles. The second-order valence-corrected chi connectivity index (χ2v) is 8.23. The number of nitrogens with zero attached hydrogens (tertiary/aromatic N) is 2. The minimum atomic E-state index is -0.0355. The van der Waals surface area contributed by atoms with Crippen LogP contribution in [-0.2, 0) is 6.54 Å². The highest BCUT2D eigenvalue weighted by atomic mass is 35.5. The number of thiophene rings is 1. The first kappa shape index (κ1) is 17.2. The zero-order valence-electron chi connectivity index (χ0n) is 14.0. The number of aromatic nitrogens is 1. The lowest BCUT2D eigenvalue weighted by Crippen LogP contribution is -2.29. The van der Waals surface area contributed by atoms with Crippen molar-refractivity contribution in [2.45, 2.75) is 13.5 Å². The van der Waals surface area contributed by atoms with Crippen LogP contribution in [0.15, 0.2) is 60.0 Å². The van der Waals surface area contributed by atoms with Gasteiger partial charge in [0.1, 0.15) is 0 Å². The van der Waals surface area contributed by atoms with Gasteiger partial charge in [-0.3, -0.25) is 9.69 Å². The largest absolute Gasteiger partial charge is 0.279 e. The average molecular weight is 399 g/mol. The molecule has 3 nitrogen and oxygen atoms in total. The van der Waals surface area contributed by atoms with Crippen LogP contribution in [0.1, 0.15) is 20.8 Å². The van der Waals surface area contributed by atoms with Crippen LogP contribution in [0.4, 0.5) is 5.13 Å². The topological polar surface area (TPSA) is 33.2 Å². The molecule has 0 spiro atoms. The van der Waals surface area contributed by atoms with Crippen molar-refractivity contribution in [1.29, 1.82) is 0 Å². The van der Waals surface area contributed by atoms with Crippen LogP contribution in [0.2, 0.25) is 5.02 Å². The second kappa shape index (κ2) is 7.19. The van der Waals surface area contributed by atoms with Crippen molar-refractivity contribution >= 4 is 55.5 Å². The third-order valence-corrected chi connectivity index (χ3v) is 6.44. The molecule has 0 fully saturated rings. The minimum absolute atomic E-state index is 0.0355. The molecule has 0 aliphatic heterocycles. The number of aryl methyl sites for hydroxylation is 1. The van der Waals surface area contributed by atoms with Gasteiger partial charge in [0.25, 0.3) is 5.91 Å². The summed E-state index contributed by atoms with van der Waals surface area (Å²) >= 11 is 9.19. The number of benzene rings is 2. The van der Waals surface area contributed by atoms with E-state index >= 15 is 0 Å². The first-order chi connectivity index (χ1) is 12.6. The van der Waals surface area contributed by atoms with Crippen LogP contribution in [0.5, 0.6) is 0 Å². The molecule has 0 aliphatic rings. The molecule has 6 heteroatoms. The Morgan fingerprint density at radius 3 is 2.65 bits per heavy atom. The summed E-state index contributed by atoms with van der Waals surface area (Å²) in [7, 11) is 0. The van der Waals surface area contributed by atoms with E-state index in [9.17, 15) is 4.79 Å². The number of carbonyl (C=O) groups is 1. The summed E-state index contributed by atoms with van der Waals surface area (Å²) in [5.74, 6) is -0.0355.